The van der Waals surface area contributed by atoms with Crippen LogP contribution in [-0.4, -0.2) is 9.97 Å². The molecule has 1 N–H and O–H groups in total. The fraction of sp³-hybridized carbons (Fsp3) is 0.167. The van der Waals surface area contributed by atoms with E-state index in [1.807, 2.05) is 26.0 Å². The van der Waals surface area contributed by atoms with Crippen molar-refractivity contribution in [3.63, 3.8) is 0 Å². The van der Waals surface area contributed by atoms with Crippen LogP contribution in [0.1, 0.15) is 35.3 Å². The molecule has 0 bridgehead atoms. The summed E-state index contributed by atoms with van der Waals surface area (Å²) in [5, 5.41) is 13.2. The number of halogens is 2. The van der Waals surface area contributed by atoms with E-state index in [4.69, 9.17) is 16.0 Å². The first-order valence-corrected chi connectivity index (χ1v) is 10.2. The van der Waals surface area contributed by atoms with E-state index in [0.29, 0.717) is 27.8 Å². The summed E-state index contributed by atoms with van der Waals surface area (Å²) < 4.78 is 20.5. The SMILES string of the molecule is Cc1cc(C(C)Nc2ccc(Cl)nc2C#N)c2oc(-c3cccnc3F)c(C)c(=O)c2c1. The highest BCUT2D eigenvalue weighted by molar-refractivity contribution is 6.29. The lowest BCUT2D eigenvalue weighted by atomic mass is 9.99. The van der Waals surface area contributed by atoms with Crippen molar-refractivity contribution in [2.75, 3.05) is 5.32 Å². The van der Waals surface area contributed by atoms with Gasteiger partial charge >= 0.3 is 0 Å². The normalized spacial score (nSPS) is 11.9. The maximum Gasteiger partial charge on any atom is 0.223 e. The van der Waals surface area contributed by atoms with Gasteiger partial charge in [0, 0.05) is 17.3 Å². The number of anilines is 1. The zero-order valence-corrected chi connectivity index (χ0v) is 18.3. The number of nitrogens with one attached hydrogen (secondary N) is 1. The monoisotopic (exact) mass is 448 g/mol. The van der Waals surface area contributed by atoms with Crippen molar-refractivity contribution in [1.82, 2.24) is 9.97 Å². The first-order chi connectivity index (χ1) is 15.3. The molecule has 6 nitrogen and oxygen atoms in total. The predicted molar refractivity (Wildman–Crippen MR) is 121 cm³/mol. The average molecular weight is 449 g/mol. The van der Waals surface area contributed by atoms with Gasteiger partial charge < -0.3 is 9.73 Å². The Morgan fingerprint density at radius 3 is 2.75 bits per heavy atom. The van der Waals surface area contributed by atoms with Crippen LogP contribution in [0.5, 0.6) is 0 Å². The second-order valence-electron chi connectivity index (χ2n) is 7.47. The molecular formula is C24H18ClFN4O2. The summed E-state index contributed by atoms with van der Waals surface area (Å²) in [6, 6.07) is 11.6. The summed E-state index contributed by atoms with van der Waals surface area (Å²) in [5.74, 6) is -0.583. The number of fused-ring (bicyclic) bond motifs is 1. The van der Waals surface area contributed by atoms with Gasteiger partial charge in [-0.25, -0.2) is 9.97 Å². The van der Waals surface area contributed by atoms with Crippen LogP contribution in [0.25, 0.3) is 22.3 Å². The molecule has 1 unspecified atom stereocenters. The molecule has 8 heteroatoms. The molecular weight excluding hydrogens is 431 g/mol. The topological polar surface area (TPSA) is 91.8 Å². The summed E-state index contributed by atoms with van der Waals surface area (Å²) in [6.45, 7) is 5.35. The van der Waals surface area contributed by atoms with E-state index >= 15 is 0 Å². The van der Waals surface area contributed by atoms with Gasteiger partial charge in [0.2, 0.25) is 5.95 Å². The van der Waals surface area contributed by atoms with E-state index < -0.39 is 5.95 Å². The Morgan fingerprint density at radius 1 is 1.25 bits per heavy atom. The molecule has 0 aliphatic carbocycles. The number of aryl methyl sites for hydroxylation is 1. The Balaban J connectivity index is 1.91. The maximum absolute atomic E-state index is 14.4. The van der Waals surface area contributed by atoms with Gasteiger partial charge in [-0.2, -0.15) is 9.65 Å². The third-order valence-electron chi connectivity index (χ3n) is 5.20. The highest BCUT2D eigenvalue weighted by atomic mass is 35.5. The van der Waals surface area contributed by atoms with E-state index in [9.17, 15) is 14.4 Å². The lowest BCUT2D eigenvalue weighted by Gasteiger charge is -2.19. The van der Waals surface area contributed by atoms with E-state index in [-0.39, 0.29) is 33.6 Å². The van der Waals surface area contributed by atoms with Gasteiger partial charge in [-0.3, -0.25) is 4.79 Å². The van der Waals surface area contributed by atoms with E-state index in [2.05, 4.69) is 15.3 Å². The van der Waals surface area contributed by atoms with Gasteiger partial charge in [-0.1, -0.05) is 17.7 Å². The first-order valence-electron chi connectivity index (χ1n) is 9.82. The number of nitrogens with zero attached hydrogens (tertiary/aromatic N) is 3. The van der Waals surface area contributed by atoms with Crippen molar-refractivity contribution < 1.29 is 8.81 Å². The van der Waals surface area contributed by atoms with E-state index in [0.717, 1.165) is 5.56 Å². The largest absolute Gasteiger partial charge is 0.455 e. The molecule has 3 heterocycles. The van der Waals surface area contributed by atoms with Crippen LogP contribution in [0, 0.1) is 31.1 Å². The van der Waals surface area contributed by atoms with Crippen molar-refractivity contribution in [3.05, 3.63) is 86.3 Å². The summed E-state index contributed by atoms with van der Waals surface area (Å²) >= 11 is 5.89. The Bertz CT molecular complexity index is 1460. The molecule has 0 saturated heterocycles. The molecule has 1 aromatic carbocycles. The average Bonchev–Trinajstić information content (AvgIpc) is 2.77. The van der Waals surface area contributed by atoms with Crippen molar-refractivity contribution in [1.29, 1.82) is 5.26 Å². The molecule has 1 atom stereocenters. The van der Waals surface area contributed by atoms with Crippen LogP contribution in [0.15, 0.2) is 51.8 Å². The highest BCUT2D eigenvalue weighted by Gasteiger charge is 2.21. The molecule has 4 rings (SSSR count). The summed E-state index contributed by atoms with van der Waals surface area (Å²) in [6.07, 6.45) is 1.33. The third-order valence-corrected chi connectivity index (χ3v) is 5.41. The first kappa shape index (κ1) is 21.5. The molecule has 32 heavy (non-hydrogen) atoms. The number of hydrogen-bond donors (Lipinski definition) is 1. The molecule has 0 aliphatic heterocycles. The summed E-state index contributed by atoms with van der Waals surface area (Å²) in [5.41, 5.74) is 2.70. The van der Waals surface area contributed by atoms with Crippen LogP contribution in [0.3, 0.4) is 0 Å². The predicted octanol–water partition coefficient (Wildman–Crippen LogP) is 5.70. The van der Waals surface area contributed by atoms with Crippen molar-refractivity contribution in [2.45, 2.75) is 26.8 Å². The number of hydrogen-bond acceptors (Lipinski definition) is 6. The van der Waals surface area contributed by atoms with E-state index in [1.165, 1.54) is 12.3 Å². The smallest absolute Gasteiger partial charge is 0.223 e. The molecule has 0 radical (unpaired) electrons. The second-order valence-corrected chi connectivity index (χ2v) is 7.85. The zero-order chi connectivity index (χ0) is 23.0. The molecule has 0 saturated carbocycles. The fourth-order valence-electron chi connectivity index (χ4n) is 3.65. The number of nitriles is 1. The Hall–Kier alpha value is -3.76. The van der Waals surface area contributed by atoms with Crippen molar-refractivity contribution in [3.8, 4) is 17.4 Å². The molecule has 0 aliphatic rings. The quantitative estimate of drug-likeness (QED) is 0.402. The molecule has 0 spiro atoms. The van der Waals surface area contributed by atoms with Gasteiger partial charge in [0.1, 0.15) is 22.6 Å². The van der Waals surface area contributed by atoms with Crippen molar-refractivity contribution >= 4 is 28.3 Å². The van der Waals surface area contributed by atoms with Crippen LogP contribution in [-0.2, 0) is 0 Å². The summed E-state index contributed by atoms with van der Waals surface area (Å²) in [4.78, 5) is 20.9. The Labute approximate surface area is 188 Å². The highest BCUT2D eigenvalue weighted by Crippen LogP contribution is 2.33. The minimum absolute atomic E-state index is 0.116. The van der Waals surface area contributed by atoms with Gasteiger partial charge in [0.15, 0.2) is 11.1 Å². The molecule has 160 valence electrons. The van der Waals surface area contributed by atoms with Gasteiger partial charge in [0.05, 0.1) is 22.7 Å². The Kier molecular flexibility index (Phi) is 5.64. The fourth-order valence-corrected chi connectivity index (χ4v) is 3.80. The maximum atomic E-state index is 14.4. The van der Waals surface area contributed by atoms with Crippen LogP contribution in [0.2, 0.25) is 5.15 Å². The molecule has 3 aromatic heterocycles. The second kappa shape index (κ2) is 8.40. The Morgan fingerprint density at radius 2 is 2.03 bits per heavy atom. The molecule has 0 fully saturated rings. The minimum atomic E-state index is -0.719. The number of benzene rings is 1. The summed E-state index contributed by atoms with van der Waals surface area (Å²) in [7, 11) is 0. The molecule has 4 aromatic rings. The van der Waals surface area contributed by atoms with E-state index in [1.54, 1.807) is 31.2 Å². The number of pyridine rings is 2. The zero-order valence-electron chi connectivity index (χ0n) is 17.5. The standard InChI is InChI=1S/C24H18ClFN4O2/c1-12-9-16(14(3)29-18-6-7-20(25)30-19(18)11-27)23-17(10-12)21(31)13(2)22(32-23)15-5-4-8-28-24(15)26/h4-10,14,29H,1-3H3. The van der Waals surface area contributed by atoms with Gasteiger partial charge in [-0.05, 0) is 56.7 Å². The number of aromatic nitrogens is 2. The molecule has 0 amide bonds. The van der Waals surface area contributed by atoms with Gasteiger partial charge in [-0.15, -0.1) is 0 Å². The van der Waals surface area contributed by atoms with Crippen LogP contribution < -0.4 is 10.7 Å². The van der Waals surface area contributed by atoms with Crippen LogP contribution >= 0.6 is 11.6 Å². The lowest BCUT2D eigenvalue weighted by molar-refractivity contribution is 0.564. The van der Waals surface area contributed by atoms with Crippen molar-refractivity contribution in [2.24, 2.45) is 0 Å². The van der Waals surface area contributed by atoms with Gasteiger partial charge in [0.25, 0.3) is 0 Å². The third kappa shape index (κ3) is 3.81. The van der Waals surface area contributed by atoms with Crippen LogP contribution in [0.4, 0.5) is 10.1 Å². The lowest BCUT2D eigenvalue weighted by Crippen LogP contribution is -2.13. The minimum Gasteiger partial charge on any atom is -0.455 e. The number of rotatable bonds is 4.